The molecule has 1 aromatic carbocycles. The molecular formula is C13H19N3S2. The lowest BCUT2D eigenvalue weighted by molar-refractivity contribution is 0.618. The minimum Gasteiger partial charge on any atom is -0.399 e. The van der Waals surface area contributed by atoms with Crippen LogP contribution in [-0.4, -0.2) is 16.8 Å². The summed E-state index contributed by atoms with van der Waals surface area (Å²) < 4.78 is 2.31. The van der Waals surface area contributed by atoms with Crippen LogP contribution in [0.4, 0.5) is 5.69 Å². The summed E-state index contributed by atoms with van der Waals surface area (Å²) in [4.78, 5) is 4.59. The second-order valence-electron chi connectivity index (χ2n) is 4.53. The monoisotopic (exact) mass is 281 g/mol. The van der Waals surface area contributed by atoms with Gasteiger partial charge in [0, 0.05) is 17.5 Å². The Bertz CT molecular complexity index is 508. The van der Waals surface area contributed by atoms with Gasteiger partial charge in [0.05, 0.1) is 10.2 Å². The number of anilines is 1. The number of hydrogen-bond donors (Lipinski definition) is 2. The minimum absolute atomic E-state index is 0.320. The van der Waals surface area contributed by atoms with Gasteiger partial charge in [0.1, 0.15) is 0 Å². The van der Waals surface area contributed by atoms with Crippen molar-refractivity contribution in [3.05, 3.63) is 18.2 Å². The molecular weight excluding hydrogens is 262 g/mol. The Morgan fingerprint density at radius 1 is 1.39 bits per heavy atom. The molecule has 1 heterocycles. The van der Waals surface area contributed by atoms with E-state index < -0.39 is 0 Å². The number of nitrogens with zero attached hydrogens (tertiary/aromatic N) is 1. The van der Waals surface area contributed by atoms with Crippen molar-refractivity contribution < 1.29 is 0 Å². The molecule has 0 aliphatic carbocycles. The molecule has 5 heteroatoms. The number of benzene rings is 1. The zero-order valence-corrected chi connectivity index (χ0v) is 12.2. The molecule has 2 aromatic rings. The molecule has 0 aliphatic rings. The smallest absolute Gasteiger partial charge is 0.151 e. The van der Waals surface area contributed by atoms with Crippen LogP contribution in [0.2, 0.25) is 0 Å². The van der Waals surface area contributed by atoms with Gasteiger partial charge in [-0.15, -0.1) is 11.3 Å². The third kappa shape index (κ3) is 3.86. The van der Waals surface area contributed by atoms with E-state index in [0.717, 1.165) is 27.7 Å². The van der Waals surface area contributed by atoms with E-state index in [0.29, 0.717) is 6.04 Å². The summed E-state index contributed by atoms with van der Waals surface area (Å²) in [6.07, 6.45) is 3.50. The van der Waals surface area contributed by atoms with Crippen molar-refractivity contribution in [2.24, 2.45) is 5.73 Å². The van der Waals surface area contributed by atoms with E-state index in [9.17, 15) is 0 Å². The first-order valence-electron chi connectivity index (χ1n) is 6.19. The fraction of sp³-hybridized carbons (Fsp3) is 0.462. The number of fused-ring (bicyclic) bond motifs is 1. The number of nitrogens with two attached hydrogens (primary N) is 2. The normalized spacial score (nSPS) is 13.0. The Morgan fingerprint density at radius 3 is 3.00 bits per heavy atom. The molecule has 0 saturated heterocycles. The summed E-state index contributed by atoms with van der Waals surface area (Å²) >= 11 is 3.55. The van der Waals surface area contributed by atoms with E-state index >= 15 is 0 Å². The molecule has 1 atom stereocenters. The topological polar surface area (TPSA) is 64.9 Å². The van der Waals surface area contributed by atoms with Crippen molar-refractivity contribution in [2.45, 2.75) is 36.6 Å². The van der Waals surface area contributed by atoms with Crippen LogP contribution in [0.3, 0.4) is 0 Å². The zero-order valence-electron chi connectivity index (χ0n) is 10.6. The molecule has 4 N–H and O–H groups in total. The Balaban J connectivity index is 1.84. The fourth-order valence-electron chi connectivity index (χ4n) is 1.71. The van der Waals surface area contributed by atoms with Crippen molar-refractivity contribution >= 4 is 39.0 Å². The second kappa shape index (κ2) is 6.41. The highest BCUT2D eigenvalue weighted by Gasteiger charge is 2.04. The highest BCUT2D eigenvalue weighted by Crippen LogP contribution is 2.31. The Kier molecular flexibility index (Phi) is 4.86. The largest absolute Gasteiger partial charge is 0.399 e. The van der Waals surface area contributed by atoms with Gasteiger partial charge in [-0.1, -0.05) is 18.2 Å². The maximum absolute atomic E-state index is 5.76. The van der Waals surface area contributed by atoms with Crippen LogP contribution >= 0.6 is 23.1 Å². The van der Waals surface area contributed by atoms with Crippen molar-refractivity contribution in [3.63, 3.8) is 0 Å². The standard InChI is InChI=1S/C13H19N3S2/c1-9(14)4-2-3-7-17-13-16-11-6-5-10(15)8-12(11)18-13/h5-6,8-9H,2-4,7,14-15H2,1H3. The number of hydrogen-bond acceptors (Lipinski definition) is 5. The summed E-state index contributed by atoms with van der Waals surface area (Å²) in [7, 11) is 0. The van der Waals surface area contributed by atoms with Gasteiger partial charge < -0.3 is 11.5 Å². The van der Waals surface area contributed by atoms with Gasteiger partial charge in [-0.3, -0.25) is 0 Å². The van der Waals surface area contributed by atoms with E-state index in [2.05, 4.69) is 11.9 Å². The quantitative estimate of drug-likeness (QED) is 0.483. The SMILES string of the molecule is CC(N)CCCCSc1nc2ccc(N)cc2s1. The molecule has 0 spiro atoms. The van der Waals surface area contributed by atoms with Crippen LogP contribution in [0.1, 0.15) is 26.2 Å². The van der Waals surface area contributed by atoms with E-state index in [1.54, 1.807) is 11.3 Å². The van der Waals surface area contributed by atoms with Gasteiger partial charge in [-0.25, -0.2) is 4.98 Å². The van der Waals surface area contributed by atoms with E-state index in [1.165, 1.54) is 17.5 Å². The summed E-state index contributed by atoms with van der Waals surface area (Å²) in [5.74, 6) is 1.11. The van der Waals surface area contributed by atoms with Crippen LogP contribution in [0.5, 0.6) is 0 Å². The molecule has 1 unspecified atom stereocenters. The molecule has 0 saturated carbocycles. The van der Waals surface area contributed by atoms with Crippen LogP contribution < -0.4 is 11.5 Å². The minimum atomic E-state index is 0.320. The average Bonchev–Trinajstić information content (AvgIpc) is 2.70. The zero-order chi connectivity index (χ0) is 13.0. The number of unbranched alkanes of at least 4 members (excludes halogenated alkanes) is 1. The fourth-order valence-corrected chi connectivity index (χ4v) is 3.90. The molecule has 98 valence electrons. The molecule has 0 fully saturated rings. The second-order valence-corrected chi connectivity index (χ2v) is 6.90. The molecule has 3 nitrogen and oxygen atoms in total. The van der Waals surface area contributed by atoms with Gasteiger partial charge in [0.25, 0.3) is 0 Å². The summed E-state index contributed by atoms with van der Waals surface area (Å²) in [5.41, 5.74) is 13.3. The number of thioether (sulfide) groups is 1. The maximum atomic E-state index is 5.76. The third-order valence-corrected chi connectivity index (χ3v) is 4.92. The first-order valence-corrected chi connectivity index (χ1v) is 8.00. The molecule has 0 amide bonds. The maximum Gasteiger partial charge on any atom is 0.151 e. The van der Waals surface area contributed by atoms with Gasteiger partial charge >= 0.3 is 0 Å². The molecule has 1 aromatic heterocycles. The molecule has 2 rings (SSSR count). The van der Waals surface area contributed by atoms with E-state index in [1.807, 2.05) is 30.0 Å². The molecule has 0 aliphatic heterocycles. The Labute approximate surface area is 116 Å². The Hall–Kier alpha value is -0.780. The van der Waals surface area contributed by atoms with Crippen molar-refractivity contribution in [1.29, 1.82) is 0 Å². The van der Waals surface area contributed by atoms with Gasteiger partial charge in [-0.05, 0) is 38.0 Å². The number of nitrogen functional groups attached to an aromatic ring is 1. The number of aromatic nitrogens is 1. The van der Waals surface area contributed by atoms with Crippen LogP contribution in [0, 0.1) is 0 Å². The van der Waals surface area contributed by atoms with Gasteiger partial charge in [0.2, 0.25) is 0 Å². The highest BCUT2D eigenvalue weighted by atomic mass is 32.2. The Morgan fingerprint density at radius 2 is 2.22 bits per heavy atom. The predicted octanol–water partition coefficient (Wildman–Crippen LogP) is 3.49. The predicted molar refractivity (Wildman–Crippen MR) is 82.3 cm³/mol. The first-order chi connectivity index (χ1) is 8.65. The lowest BCUT2D eigenvalue weighted by Gasteiger charge is -2.02. The summed E-state index contributed by atoms with van der Waals surface area (Å²) in [5, 5.41) is 0. The number of rotatable bonds is 6. The molecule has 0 bridgehead atoms. The van der Waals surface area contributed by atoms with Crippen molar-refractivity contribution in [2.75, 3.05) is 11.5 Å². The molecule has 0 radical (unpaired) electrons. The first kappa shape index (κ1) is 13.6. The lowest BCUT2D eigenvalue weighted by atomic mass is 10.2. The lowest BCUT2D eigenvalue weighted by Crippen LogP contribution is -2.13. The van der Waals surface area contributed by atoms with Crippen LogP contribution in [0.15, 0.2) is 22.5 Å². The average molecular weight is 281 g/mol. The van der Waals surface area contributed by atoms with E-state index in [-0.39, 0.29) is 0 Å². The van der Waals surface area contributed by atoms with Gasteiger partial charge in [-0.2, -0.15) is 0 Å². The van der Waals surface area contributed by atoms with Gasteiger partial charge in [0.15, 0.2) is 4.34 Å². The summed E-state index contributed by atoms with van der Waals surface area (Å²) in [6.45, 7) is 2.06. The van der Waals surface area contributed by atoms with Crippen molar-refractivity contribution in [3.8, 4) is 0 Å². The third-order valence-electron chi connectivity index (χ3n) is 2.67. The highest BCUT2D eigenvalue weighted by molar-refractivity contribution is 8.01. The van der Waals surface area contributed by atoms with Crippen LogP contribution in [0.25, 0.3) is 10.2 Å². The summed E-state index contributed by atoms with van der Waals surface area (Å²) in [6, 6.07) is 6.20. The van der Waals surface area contributed by atoms with E-state index in [4.69, 9.17) is 11.5 Å². The van der Waals surface area contributed by atoms with Crippen molar-refractivity contribution in [1.82, 2.24) is 4.98 Å². The number of thiazole rings is 1. The van der Waals surface area contributed by atoms with Crippen LogP contribution in [-0.2, 0) is 0 Å². The molecule has 18 heavy (non-hydrogen) atoms.